The zero-order valence-corrected chi connectivity index (χ0v) is 14.4. The van der Waals surface area contributed by atoms with Crippen LogP contribution in [0.25, 0.3) is 0 Å². The lowest BCUT2D eigenvalue weighted by Gasteiger charge is -2.42. The number of nitrogens with zero attached hydrogens (tertiary/aromatic N) is 4. The first-order valence-electron chi connectivity index (χ1n) is 8.21. The molecule has 0 bridgehead atoms. The summed E-state index contributed by atoms with van der Waals surface area (Å²) in [4.78, 5) is 28.1. The molecule has 2 aliphatic rings. The van der Waals surface area contributed by atoms with Gasteiger partial charge < -0.3 is 14.5 Å². The highest BCUT2D eigenvalue weighted by Crippen LogP contribution is 2.45. The summed E-state index contributed by atoms with van der Waals surface area (Å²) in [6.07, 6.45) is 1.25. The smallest absolute Gasteiger partial charge is 0.272 e. The number of halogens is 2. The van der Waals surface area contributed by atoms with Crippen molar-refractivity contribution in [3.8, 4) is 0 Å². The van der Waals surface area contributed by atoms with Gasteiger partial charge in [0.05, 0.1) is 18.6 Å². The predicted octanol–water partition coefficient (Wildman–Crippen LogP) is 0.766. The summed E-state index contributed by atoms with van der Waals surface area (Å²) >= 11 is 0. The van der Waals surface area contributed by atoms with Gasteiger partial charge in [-0.2, -0.15) is 5.10 Å². The van der Waals surface area contributed by atoms with Crippen LogP contribution in [0.2, 0.25) is 0 Å². The van der Waals surface area contributed by atoms with Crippen molar-refractivity contribution in [3.05, 3.63) is 18.0 Å². The second-order valence-corrected chi connectivity index (χ2v) is 6.85. The maximum absolute atomic E-state index is 14.4. The van der Waals surface area contributed by atoms with E-state index in [2.05, 4.69) is 5.10 Å². The Morgan fingerprint density at radius 2 is 2.16 bits per heavy atom. The first-order chi connectivity index (χ1) is 11.8. The van der Waals surface area contributed by atoms with Crippen LogP contribution in [0.5, 0.6) is 0 Å². The van der Waals surface area contributed by atoms with Gasteiger partial charge in [0.15, 0.2) is 0 Å². The molecule has 3 heterocycles. The van der Waals surface area contributed by atoms with Gasteiger partial charge in [0, 0.05) is 46.4 Å². The van der Waals surface area contributed by atoms with Crippen LogP contribution < -0.4 is 0 Å². The number of likely N-dealkylation sites (tertiary alicyclic amines) is 2. The van der Waals surface area contributed by atoms with Crippen LogP contribution in [0.1, 0.15) is 23.3 Å². The maximum atomic E-state index is 14.4. The van der Waals surface area contributed by atoms with Crippen LogP contribution in [0.3, 0.4) is 0 Å². The van der Waals surface area contributed by atoms with Crippen molar-refractivity contribution in [2.45, 2.75) is 18.8 Å². The van der Waals surface area contributed by atoms with E-state index in [9.17, 15) is 18.4 Å². The zero-order chi connectivity index (χ0) is 18.2. The van der Waals surface area contributed by atoms with Crippen LogP contribution in [0.4, 0.5) is 8.78 Å². The molecule has 3 rings (SSSR count). The van der Waals surface area contributed by atoms with Crippen molar-refractivity contribution >= 4 is 11.8 Å². The van der Waals surface area contributed by atoms with Crippen LogP contribution in [-0.4, -0.2) is 77.2 Å². The summed E-state index contributed by atoms with van der Waals surface area (Å²) in [7, 11) is 3.11. The first kappa shape index (κ1) is 17.8. The lowest BCUT2D eigenvalue weighted by atomic mass is 9.77. The number of aromatic nitrogens is 2. The molecule has 2 amide bonds. The molecule has 2 fully saturated rings. The van der Waals surface area contributed by atoms with Crippen LogP contribution in [-0.2, 0) is 16.6 Å². The van der Waals surface area contributed by atoms with Gasteiger partial charge in [-0.15, -0.1) is 0 Å². The third-order valence-corrected chi connectivity index (χ3v) is 5.01. The van der Waals surface area contributed by atoms with Gasteiger partial charge in [-0.25, -0.2) is 8.78 Å². The van der Waals surface area contributed by atoms with Crippen molar-refractivity contribution in [1.29, 1.82) is 0 Å². The van der Waals surface area contributed by atoms with Crippen molar-refractivity contribution < 1.29 is 23.1 Å². The van der Waals surface area contributed by atoms with Gasteiger partial charge in [-0.1, -0.05) is 0 Å². The fourth-order valence-corrected chi connectivity index (χ4v) is 3.82. The standard InChI is InChI=1S/C16H22F2N4O3/c1-20-12(3-5-19-20)13(23)22-10-15(9-16(17,18)11-22)4-6-21(14(15)24)7-8-25-2/h3,5H,4,6-11H2,1-2H3/t15-/m1/s1. The van der Waals surface area contributed by atoms with Crippen molar-refractivity contribution in [1.82, 2.24) is 19.6 Å². The largest absolute Gasteiger partial charge is 0.383 e. The lowest BCUT2D eigenvalue weighted by Crippen LogP contribution is -2.57. The Bertz CT molecular complexity index is 678. The highest BCUT2D eigenvalue weighted by Gasteiger charge is 2.57. The summed E-state index contributed by atoms with van der Waals surface area (Å²) in [6.45, 7) is 0.471. The number of aryl methyl sites for hydroxylation is 1. The lowest BCUT2D eigenvalue weighted by molar-refractivity contribution is -0.151. The van der Waals surface area contributed by atoms with Gasteiger partial charge in [0.25, 0.3) is 11.8 Å². The van der Waals surface area contributed by atoms with E-state index >= 15 is 0 Å². The summed E-state index contributed by atoms with van der Waals surface area (Å²) in [5.74, 6) is -3.94. The molecule has 0 aliphatic carbocycles. The molecule has 0 saturated carbocycles. The van der Waals surface area contributed by atoms with E-state index in [1.54, 1.807) is 11.9 Å². The Kier molecular flexibility index (Phi) is 4.52. The van der Waals surface area contributed by atoms with Crippen LogP contribution in [0, 0.1) is 5.41 Å². The molecule has 1 aromatic heterocycles. The zero-order valence-electron chi connectivity index (χ0n) is 14.4. The molecule has 7 nitrogen and oxygen atoms in total. The van der Waals surface area contributed by atoms with E-state index in [-0.39, 0.29) is 18.1 Å². The number of carbonyl (C=O) groups excluding carboxylic acids is 2. The number of hydrogen-bond donors (Lipinski definition) is 0. The Hall–Kier alpha value is -2.03. The van der Waals surface area contributed by atoms with Gasteiger partial charge in [0.2, 0.25) is 5.91 Å². The molecule has 2 saturated heterocycles. The molecular formula is C16H22F2N4O3. The topological polar surface area (TPSA) is 67.7 Å². The molecule has 1 atom stereocenters. The van der Waals surface area contributed by atoms with Crippen molar-refractivity contribution in [3.63, 3.8) is 0 Å². The van der Waals surface area contributed by atoms with Crippen molar-refractivity contribution in [2.75, 3.05) is 39.9 Å². The minimum atomic E-state index is -3.10. The van der Waals surface area contributed by atoms with Gasteiger partial charge in [-0.05, 0) is 12.5 Å². The molecule has 1 spiro atoms. The molecule has 9 heteroatoms. The molecule has 0 N–H and O–H groups in total. The monoisotopic (exact) mass is 356 g/mol. The first-order valence-corrected chi connectivity index (χ1v) is 8.21. The SMILES string of the molecule is COCCN1CC[C@@]2(CN(C(=O)c3ccnn3C)CC(F)(F)C2)C1=O. The Balaban J connectivity index is 1.83. The number of piperidine rings is 1. The molecule has 1 aromatic rings. The fraction of sp³-hybridized carbons (Fsp3) is 0.688. The van der Waals surface area contributed by atoms with E-state index in [4.69, 9.17) is 4.74 Å². The molecule has 0 radical (unpaired) electrons. The molecule has 25 heavy (non-hydrogen) atoms. The molecule has 138 valence electrons. The van der Waals surface area contributed by atoms with E-state index in [0.717, 1.165) is 4.90 Å². The number of ether oxygens (including phenoxy) is 1. The molecule has 0 unspecified atom stereocenters. The Labute approximate surface area is 144 Å². The quantitative estimate of drug-likeness (QED) is 0.799. The highest BCUT2D eigenvalue weighted by molar-refractivity contribution is 5.94. The number of carbonyl (C=O) groups is 2. The Morgan fingerprint density at radius 1 is 1.40 bits per heavy atom. The third-order valence-electron chi connectivity index (χ3n) is 5.01. The van der Waals surface area contributed by atoms with Crippen LogP contribution >= 0.6 is 0 Å². The summed E-state index contributed by atoms with van der Waals surface area (Å²) in [5, 5.41) is 3.91. The summed E-state index contributed by atoms with van der Waals surface area (Å²) in [6, 6.07) is 1.49. The van der Waals surface area contributed by atoms with E-state index in [1.165, 1.54) is 24.1 Å². The highest BCUT2D eigenvalue weighted by atomic mass is 19.3. The average molecular weight is 356 g/mol. The molecular weight excluding hydrogens is 334 g/mol. The minimum absolute atomic E-state index is 0.00885. The van der Waals surface area contributed by atoms with Gasteiger partial charge >= 0.3 is 0 Å². The van der Waals surface area contributed by atoms with Crippen LogP contribution in [0.15, 0.2) is 12.3 Å². The number of methoxy groups -OCH3 is 1. The third kappa shape index (κ3) is 3.24. The normalized spacial score (nSPS) is 25.8. The number of rotatable bonds is 4. The average Bonchev–Trinajstić information content (AvgIpc) is 3.09. The van der Waals surface area contributed by atoms with Gasteiger partial charge in [0.1, 0.15) is 5.69 Å². The second-order valence-electron chi connectivity index (χ2n) is 6.85. The number of hydrogen-bond acceptors (Lipinski definition) is 4. The molecule has 0 aromatic carbocycles. The summed E-state index contributed by atoms with van der Waals surface area (Å²) in [5.41, 5.74) is -0.987. The predicted molar refractivity (Wildman–Crippen MR) is 84.2 cm³/mol. The fourth-order valence-electron chi connectivity index (χ4n) is 3.82. The number of amides is 2. The molecule has 2 aliphatic heterocycles. The van der Waals surface area contributed by atoms with E-state index in [1.807, 2.05) is 0 Å². The van der Waals surface area contributed by atoms with E-state index < -0.39 is 30.2 Å². The van der Waals surface area contributed by atoms with E-state index in [0.29, 0.717) is 26.1 Å². The maximum Gasteiger partial charge on any atom is 0.272 e. The number of alkyl halides is 2. The minimum Gasteiger partial charge on any atom is -0.383 e. The van der Waals surface area contributed by atoms with Crippen molar-refractivity contribution in [2.24, 2.45) is 12.5 Å². The second kappa shape index (κ2) is 6.36. The van der Waals surface area contributed by atoms with Gasteiger partial charge in [-0.3, -0.25) is 14.3 Å². The summed E-state index contributed by atoms with van der Waals surface area (Å²) < 4.78 is 35.1. The Morgan fingerprint density at radius 3 is 2.80 bits per heavy atom.